The van der Waals surface area contributed by atoms with Crippen molar-refractivity contribution in [3.8, 4) is 0 Å². The molecule has 3 unspecified atom stereocenters. The van der Waals surface area contributed by atoms with E-state index in [0.717, 1.165) is 30.6 Å². The molecule has 5 nitrogen and oxygen atoms in total. The number of aromatic nitrogens is 2. The van der Waals surface area contributed by atoms with E-state index in [9.17, 15) is 9.90 Å². The molecule has 2 aliphatic rings. The van der Waals surface area contributed by atoms with E-state index in [4.69, 9.17) is 0 Å². The molecule has 3 atom stereocenters. The molecule has 2 fully saturated rings. The lowest BCUT2D eigenvalue weighted by atomic mass is 9.84. The third-order valence-electron chi connectivity index (χ3n) is 4.97. The summed E-state index contributed by atoms with van der Waals surface area (Å²) in [5.74, 6) is -0.0947. The van der Waals surface area contributed by atoms with Crippen LogP contribution in [0.25, 0.3) is 0 Å². The molecule has 0 spiro atoms. The molecular formula is C15H23N3O2. The number of hydrogen-bond donors (Lipinski definition) is 1. The molecule has 1 aliphatic heterocycles. The minimum Gasteiger partial charge on any atom is -0.480 e. The van der Waals surface area contributed by atoms with Crippen LogP contribution in [0, 0.1) is 12.8 Å². The van der Waals surface area contributed by atoms with Crippen molar-refractivity contribution in [3.05, 3.63) is 17.5 Å². The van der Waals surface area contributed by atoms with Crippen molar-refractivity contribution in [2.75, 3.05) is 0 Å². The first-order valence-corrected chi connectivity index (χ1v) is 7.54. The van der Waals surface area contributed by atoms with E-state index in [2.05, 4.69) is 10.00 Å². The predicted molar refractivity (Wildman–Crippen MR) is 75.3 cm³/mol. The first kappa shape index (κ1) is 13.6. The van der Waals surface area contributed by atoms with Crippen LogP contribution in [0.1, 0.15) is 43.4 Å². The molecule has 3 rings (SSSR count). The zero-order valence-electron chi connectivity index (χ0n) is 12.2. The van der Waals surface area contributed by atoms with Crippen molar-refractivity contribution in [3.63, 3.8) is 0 Å². The second-order valence-corrected chi connectivity index (χ2v) is 6.29. The van der Waals surface area contributed by atoms with Crippen molar-refractivity contribution in [2.24, 2.45) is 13.0 Å². The molecule has 1 aromatic heterocycles. The fourth-order valence-corrected chi connectivity index (χ4v) is 4.02. The Morgan fingerprint density at radius 3 is 2.85 bits per heavy atom. The Morgan fingerprint density at radius 2 is 2.20 bits per heavy atom. The summed E-state index contributed by atoms with van der Waals surface area (Å²) in [7, 11) is 1.92. The van der Waals surface area contributed by atoms with Crippen LogP contribution in [0.15, 0.2) is 6.20 Å². The van der Waals surface area contributed by atoms with Crippen molar-refractivity contribution >= 4 is 5.97 Å². The van der Waals surface area contributed by atoms with E-state index < -0.39 is 5.97 Å². The number of fused-ring (bicyclic) bond motifs is 1. The second-order valence-electron chi connectivity index (χ2n) is 6.29. The average Bonchev–Trinajstić information content (AvgIpc) is 2.91. The molecule has 0 amide bonds. The Hall–Kier alpha value is -1.36. The molecule has 0 bridgehead atoms. The molecule has 1 saturated carbocycles. The highest BCUT2D eigenvalue weighted by Crippen LogP contribution is 2.40. The fourth-order valence-electron chi connectivity index (χ4n) is 4.02. The highest BCUT2D eigenvalue weighted by molar-refractivity contribution is 5.74. The van der Waals surface area contributed by atoms with Crippen LogP contribution in [-0.4, -0.2) is 37.8 Å². The Balaban J connectivity index is 1.84. The van der Waals surface area contributed by atoms with E-state index in [0.29, 0.717) is 12.0 Å². The minimum atomic E-state index is -0.666. The number of carboxylic acid groups (broad SMARTS) is 1. The highest BCUT2D eigenvalue weighted by atomic mass is 16.4. The number of carbonyl (C=O) groups is 1. The zero-order valence-corrected chi connectivity index (χ0v) is 12.2. The summed E-state index contributed by atoms with van der Waals surface area (Å²) in [5.41, 5.74) is 2.17. The molecule has 1 aromatic rings. The van der Waals surface area contributed by atoms with Crippen LogP contribution in [0.4, 0.5) is 0 Å². The lowest BCUT2D eigenvalue weighted by molar-refractivity contribution is -0.142. The Morgan fingerprint density at radius 1 is 1.45 bits per heavy atom. The van der Waals surface area contributed by atoms with Crippen molar-refractivity contribution in [2.45, 2.75) is 57.7 Å². The summed E-state index contributed by atoms with van der Waals surface area (Å²) < 4.78 is 1.81. The van der Waals surface area contributed by atoms with Gasteiger partial charge in [-0.15, -0.1) is 0 Å². The molecule has 5 heteroatoms. The van der Waals surface area contributed by atoms with Gasteiger partial charge >= 0.3 is 5.97 Å². The standard InChI is InChI=1S/C15H23N3O2/c1-10-12(8-17(2)16-10)9-18-13-6-4-3-5-11(13)7-14(18)15(19)20/h8,11,13-14H,3-7,9H2,1-2H3,(H,19,20). The van der Waals surface area contributed by atoms with Gasteiger partial charge in [-0.1, -0.05) is 12.8 Å². The van der Waals surface area contributed by atoms with Crippen LogP contribution < -0.4 is 0 Å². The van der Waals surface area contributed by atoms with Crippen molar-refractivity contribution in [1.29, 1.82) is 0 Å². The molecule has 1 saturated heterocycles. The van der Waals surface area contributed by atoms with E-state index >= 15 is 0 Å². The third-order valence-corrected chi connectivity index (χ3v) is 4.97. The molecular weight excluding hydrogens is 254 g/mol. The SMILES string of the molecule is Cc1nn(C)cc1CN1C(C(=O)O)CC2CCCCC21. The van der Waals surface area contributed by atoms with Gasteiger partial charge in [0, 0.05) is 31.4 Å². The number of rotatable bonds is 3. The molecule has 20 heavy (non-hydrogen) atoms. The van der Waals surface area contributed by atoms with Crippen LogP contribution in [0.5, 0.6) is 0 Å². The van der Waals surface area contributed by atoms with Gasteiger partial charge in [0.05, 0.1) is 5.69 Å². The topological polar surface area (TPSA) is 58.4 Å². The molecule has 0 radical (unpaired) electrons. The monoisotopic (exact) mass is 277 g/mol. The van der Waals surface area contributed by atoms with Crippen LogP contribution in [0.2, 0.25) is 0 Å². The fraction of sp³-hybridized carbons (Fsp3) is 0.733. The number of carboxylic acids is 1. The van der Waals surface area contributed by atoms with Gasteiger partial charge < -0.3 is 5.11 Å². The van der Waals surface area contributed by atoms with Gasteiger partial charge in [-0.2, -0.15) is 5.10 Å². The van der Waals surface area contributed by atoms with Gasteiger partial charge in [-0.25, -0.2) is 0 Å². The molecule has 0 aromatic carbocycles. The normalized spacial score (nSPS) is 30.4. The smallest absolute Gasteiger partial charge is 0.320 e. The van der Waals surface area contributed by atoms with E-state index in [1.165, 1.54) is 19.3 Å². The van der Waals surface area contributed by atoms with E-state index in [-0.39, 0.29) is 6.04 Å². The summed E-state index contributed by atoms with van der Waals surface area (Å²) in [6.07, 6.45) is 7.66. The summed E-state index contributed by atoms with van der Waals surface area (Å²) in [6, 6.07) is 0.132. The minimum absolute atomic E-state index is 0.317. The maximum absolute atomic E-state index is 11.6. The highest BCUT2D eigenvalue weighted by Gasteiger charge is 2.45. The Labute approximate surface area is 119 Å². The first-order chi connectivity index (χ1) is 9.56. The number of aliphatic carboxylic acids is 1. The number of nitrogens with zero attached hydrogens (tertiary/aromatic N) is 3. The van der Waals surface area contributed by atoms with Crippen LogP contribution in [-0.2, 0) is 18.4 Å². The zero-order chi connectivity index (χ0) is 14.3. The number of aryl methyl sites for hydroxylation is 2. The van der Waals surface area contributed by atoms with Gasteiger partial charge in [-0.3, -0.25) is 14.4 Å². The molecule has 2 heterocycles. The second kappa shape index (κ2) is 5.20. The molecule has 1 aliphatic carbocycles. The van der Waals surface area contributed by atoms with Gasteiger partial charge in [0.15, 0.2) is 0 Å². The number of likely N-dealkylation sites (tertiary alicyclic amines) is 1. The summed E-state index contributed by atoms with van der Waals surface area (Å²) in [6.45, 7) is 2.72. The summed E-state index contributed by atoms with van der Waals surface area (Å²) in [4.78, 5) is 13.8. The van der Waals surface area contributed by atoms with Gasteiger partial charge in [0.1, 0.15) is 6.04 Å². The summed E-state index contributed by atoms with van der Waals surface area (Å²) >= 11 is 0. The van der Waals surface area contributed by atoms with Crippen LogP contribution >= 0.6 is 0 Å². The molecule has 110 valence electrons. The third kappa shape index (κ3) is 2.35. The van der Waals surface area contributed by atoms with E-state index in [1.54, 1.807) is 0 Å². The van der Waals surface area contributed by atoms with Crippen LogP contribution in [0.3, 0.4) is 0 Å². The van der Waals surface area contributed by atoms with Gasteiger partial charge in [0.2, 0.25) is 0 Å². The maximum atomic E-state index is 11.6. The Bertz CT molecular complexity index is 511. The van der Waals surface area contributed by atoms with Gasteiger partial charge in [-0.05, 0) is 32.1 Å². The predicted octanol–water partition coefficient (Wildman–Crippen LogP) is 1.95. The average molecular weight is 277 g/mol. The van der Waals surface area contributed by atoms with E-state index in [1.807, 2.05) is 24.9 Å². The maximum Gasteiger partial charge on any atom is 0.320 e. The summed E-state index contributed by atoms with van der Waals surface area (Å²) in [5, 5.41) is 13.9. The quantitative estimate of drug-likeness (QED) is 0.917. The van der Waals surface area contributed by atoms with Crippen molar-refractivity contribution < 1.29 is 9.90 Å². The van der Waals surface area contributed by atoms with Crippen molar-refractivity contribution in [1.82, 2.24) is 14.7 Å². The lowest BCUT2D eigenvalue weighted by Crippen LogP contribution is -2.41. The lowest BCUT2D eigenvalue weighted by Gasteiger charge is -2.32. The number of hydrogen-bond acceptors (Lipinski definition) is 3. The van der Waals surface area contributed by atoms with Gasteiger partial charge in [0.25, 0.3) is 0 Å². The Kier molecular flexibility index (Phi) is 3.54. The largest absolute Gasteiger partial charge is 0.480 e. The molecule has 1 N–H and O–H groups in total. The first-order valence-electron chi connectivity index (χ1n) is 7.54.